The molecule has 2 heteroatoms. The third-order valence-corrected chi connectivity index (χ3v) is 8.30. The molecule has 0 saturated heterocycles. The van der Waals surface area contributed by atoms with Crippen LogP contribution in [0.15, 0.2) is 94.2 Å². The average molecular weight is 585 g/mol. The third kappa shape index (κ3) is 15.9. The predicted molar refractivity (Wildman–Crippen MR) is 190 cm³/mol. The van der Waals surface area contributed by atoms with E-state index in [2.05, 4.69) is 104 Å². The van der Waals surface area contributed by atoms with Crippen molar-refractivity contribution < 1.29 is 9.84 Å². The summed E-state index contributed by atoms with van der Waals surface area (Å²) in [4.78, 5) is 0. The molecule has 0 aromatic heterocycles. The van der Waals surface area contributed by atoms with Crippen molar-refractivity contribution in [3.05, 3.63) is 99.7 Å². The van der Waals surface area contributed by atoms with Crippen LogP contribution in [-0.4, -0.2) is 10.7 Å². The van der Waals surface area contributed by atoms with E-state index in [1.54, 1.807) is 12.1 Å². The van der Waals surface area contributed by atoms with Gasteiger partial charge in [-0.1, -0.05) is 76.0 Å². The van der Waals surface area contributed by atoms with E-state index in [1.165, 1.54) is 46.3 Å². The zero-order chi connectivity index (χ0) is 31.7. The van der Waals surface area contributed by atoms with Crippen LogP contribution < -0.4 is 4.74 Å². The van der Waals surface area contributed by atoms with E-state index < -0.39 is 0 Å². The summed E-state index contributed by atoms with van der Waals surface area (Å²) in [5, 5.41) is 9.68. The number of phenols is 1. The molecule has 0 saturated carbocycles. The summed E-state index contributed by atoms with van der Waals surface area (Å²) in [6.45, 7) is 17.8. The predicted octanol–water partition coefficient (Wildman–Crippen LogP) is 12.9. The van der Waals surface area contributed by atoms with Gasteiger partial charge in [0.05, 0.1) is 0 Å². The second-order valence-corrected chi connectivity index (χ2v) is 13.2. The molecule has 1 aliphatic rings. The molecular formula is C41H60O2. The van der Waals surface area contributed by atoms with Gasteiger partial charge < -0.3 is 9.84 Å². The fraction of sp³-hybridized carbons (Fsp3) is 0.512. The molecule has 1 aromatic rings. The second-order valence-electron chi connectivity index (χ2n) is 13.2. The van der Waals surface area contributed by atoms with Gasteiger partial charge >= 0.3 is 0 Å². The summed E-state index contributed by atoms with van der Waals surface area (Å²) >= 11 is 0. The van der Waals surface area contributed by atoms with Gasteiger partial charge in [-0.3, -0.25) is 0 Å². The number of ether oxygens (including phenoxy) is 1. The Labute approximate surface area is 264 Å². The maximum Gasteiger partial charge on any atom is 0.128 e. The Kier molecular flexibility index (Phi) is 16.3. The van der Waals surface area contributed by atoms with Gasteiger partial charge in [0.1, 0.15) is 17.1 Å². The first-order valence-corrected chi connectivity index (χ1v) is 16.6. The van der Waals surface area contributed by atoms with Crippen LogP contribution in [0, 0.1) is 0 Å². The largest absolute Gasteiger partial charge is 0.508 e. The number of fused-ring (bicyclic) bond motifs is 1. The number of hydrogen-bond donors (Lipinski definition) is 1. The van der Waals surface area contributed by atoms with E-state index in [1.807, 2.05) is 6.07 Å². The Bertz CT molecular complexity index is 1230. The van der Waals surface area contributed by atoms with E-state index in [-0.39, 0.29) is 11.4 Å². The quantitative estimate of drug-likeness (QED) is 0.174. The standard InChI is InChI=1S/C41H60O2/c1-32(2)15-9-16-33(3)17-10-18-34(4)19-11-20-35(5)21-12-22-36(6)23-13-24-37(7)25-14-29-41(8)30-28-38-31-39(42)26-27-40(38)43-41/h15,17,19,21,23,25-28,30-31,42H,9-14,16,18,20,22,24,29H2,1-8H3/b33-17+,34-19+,35-21+,36-23+,37-25+. The molecule has 0 bridgehead atoms. The molecule has 0 fully saturated rings. The van der Waals surface area contributed by atoms with Crippen molar-refractivity contribution in [1.29, 1.82) is 0 Å². The average Bonchev–Trinajstić information content (AvgIpc) is 2.93. The highest BCUT2D eigenvalue weighted by Crippen LogP contribution is 2.35. The molecule has 1 N–H and O–H groups in total. The maximum atomic E-state index is 9.68. The summed E-state index contributed by atoms with van der Waals surface area (Å²) in [6.07, 6.45) is 32.0. The molecule has 1 heterocycles. The highest BCUT2D eigenvalue weighted by molar-refractivity contribution is 5.62. The van der Waals surface area contributed by atoms with Crippen LogP contribution in [0.1, 0.15) is 138 Å². The van der Waals surface area contributed by atoms with Crippen LogP contribution in [0.3, 0.4) is 0 Å². The molecule has 1 aromatic carbocycles. The highest BCUT2D eigenvalue weighted by atomic mass is 16.5. The van der Waals surface area contributed by atoms with Crippen molar-refractivity contribution in [2.24, 2.45) is 0 Å². The SMILES string of the molecule is CC(C)=CCC/C(C)=C/CC/C(C)=C/CC/C(C)=C/CC/C(C)=C/CC/C(C)=C/CCC1(C)C=Cc2cc(O)ccc2O1. The van der Waals surface area contributed by atoms with Gasteiger partial charge in [-0.2, -0.15) is 0 Å². The normalized spacial score (nSPS) is 18.0. The fourth-order valence-electron chi connectivity index (χ4n) is 5.33. The number of allylic oxidation sites excluding steroid dienone is 12. The van der Waals surface area contributed by atoms with Crippen molar-refractivity contribution in [3.63, 3.8) is 0 Å². The molecule has 1 atom stereocenters. The van der Waals surface area contributed by atoms with E-state index >= 15 is 0 Å². The lowest BCUT2D eigenvalue weighted by molar-refractivity contribution is 0.128. The topological polar surface area (TPSA) is 29.5 Å². The number of aromatic hydroxyl groups is 1. The van der Waals surface area contributed by atoms with Gasteiger partial charge in [-0.05, 0) is 157 Å². The molecule has 43 heavy (non-hydrogen) atoms. The molecular weight excluding hydrogens is 524 g/mol. The van der Waals surface area contributed by atoms with Crippen molar-refractivity contribution in [2.75, 3.05) is 0 Å². The van der Waals surface area contributed by atoms with Gasteiger partial charge in [-0.15, -0.1) is 0 Å². The molecule has 0 spiro atoms. The summed E-state index contributed by atoms with van der Waals surface area (Å²) in [7, 11) is 0. The van der Waals surface area contributed by atoms with Crippen LogP contribution in [-0.2, 0) is 0 Å². The fourth-order valence-corrected chi connectivity index (χ4v) is 5.33. The van der Waals surface area contributed by atoms with Crippen LogP contribution >= 0.6 is 0 Å². The lowest BCUT2D eigenvalue weighted by atomic mass is 9.94. The lowest BCUT2D eigenvalue weighted by Gasteiger charge is -2.31. The molecule has 0 radical (unpaired) electrons. The second kappa shape index (κ2) is 19.3. The summed E-state index contributed by atoms with van der Waals surface area (Å²) in [5.41, 5.74) is 9.54. The Morgan fingerprint density at radius 2 is 1.05 bits per heavy atom. The van der Waals surface area contributed by atoms with E-state index in [4.69, 9.17) is 4.74 Å². The van der Waals surface area contributed by atoms with Crippen LogP contribution in [0.5, 0.6) is 11.5 Å². The molecule has 0 aliphatic carbocycles. The van der Waals surface area contributed by atoms with Gasteiger partial charge in [0.25, 0.3) is 0 Å². The lowest BCUT2D eigenvalue weighted by Crippen LogP contribution is -2.31. The van der Waals surface area contributed by atoms with Crippen molar-refractivity contribution in [3.8, 4) is 11.5 Å². The zero-order valence-electron chi connectivity index (χ0n) is 28.7. The maximum absolute atomic E-state index is 9.68. The summed E-state index contributed by atoms with van der Waals surface area (Å²) in [5.74, 6) is 1.12. The van der Waals surface area contributed by atoms with Crippen LogP contribution in [0.25, 0.3) is 6.08 Å². The molecule has 2 nitrogen and oxygen atoms in total. The van der Waals surface area contributed by atoms with E-state index in [0.717, 1.165) is 75.5 Å². The number of rotatable bonds is 18. The first-order valence-electron chi connectivity index (χ1n) is 16.6. The van der Waals surface area contributed by atoms with Crippen LogP contribution in [0.4, 0.5) is 0 Å². The molecule has 1 aliphatic heterocycles. The van der Waals surface area contributed by atoms with Crippen molar-refractivity contribution in [2.45, 2.75) is 138 Å². The minimum atomic E-state index is -0.306. The molecule has 1 unspecified atom stereocenters. The Balaban J connectivity index is 1.61. The first-order chi connectivity index (χ1) is 20.5. The van der Waals surface area contributed by atoms with Crippen molar-refractivity contribution >= 4 is 6.08 Å². The molecule has 0 amide bonds. The summed E-state index contributed by atoms with van der Waals surface area (Å²) in [6, 6.07) is 5.29. The van der Waals surface area contributed by atoms with Gasteiger partial charge in [0.2, 0.25) is 0 Å². The monoisotopic (exact) mass is 584 g/mol. The number of benzene rings is 1. The Morgan fingerprint density at radius 3 is 1.49 bits per heavy atom. The molecule has 2 rings (SSSR count). The van der Waals surface area contributed by atoms with Crippen molar-refractivity contribution in [1.82, 2.24) is 0 Å². The Morgan fingerprint density at radius 1 is 0.628 bits per heavy atom. The van der Waals surface area contributed by atoms with E-state index in [9.17, 15) is 5.11 Å². The highest BCUT2D eigenvalue weighted by Gasteiger charge is 2.26. The number of phenolic OH excluding ortho intramolecular Hbond substituents is 1. The number of hydrogen-bond acceptors (Lipinski definition) is 2. The minimum absolute atomic E-state index is 0.273. The summed E-state index contributed by atoms with van der Waals surface area (Å²) < 4.78 is 6.24. The van der Waals surface area contributed by atoms with Gasteiger partial charge in [0.15, 0.2) is 0 Å². The first kappa shape index (κ1) is 36.2. The smallest absolute Gasteiger partial charge is 0.128 e. The Hall–Kier alpha value is -3.00. The third-order valence-electron chi connectivity index (χ3n) is 8.30. The van der Waals surface area contributed by atoms with Crippen LogP contribution in [0.2, 0.25) is 0 Å². The van der Waals surface area contributed by atoms with E-state index in [0.29, 0.717) is 0 Å². The van der Waals surface area contributed by atoms with Gasteiger partial charge in [-0.25, -0.2) is 0 Å². The zero-order valence-corrected chi connectivity index (χ0v) is 28.7. The molecule has 236 valence electrons. The minimum Gasteiger partial charge on any atom is -0.508 e. The van der Waals surface area contributed by atoms with Gasteiger partial charge in [0, 0.05) is 5.56 Å².